The van der Waals surface area contributed by atoms with Crippen LogP contribution in [0.15, 0.2) is 64.0 Å². The predicted octanol–water partition coefficient (Wildman–Crippen LogP) is 4.71. The molecule has 1 aromatic heterocycles. The second-order valence-electron chi connectivity index (χ2n) is 6.45. The van der Waals surface area contributed by atoms with Crippen LogP contribution < -0.4 is 9.46 Å². The quantitative estimate of drug-likeness (QED) is 0.382. The molecule has 11 heteroatoms. The second kappa shape index (κ2) is 10.8. The number of methoxy groups -OCH3 is 1. The lowest BCUT2D eigenvalue weighted by Gasteiger charge is -2.12. The molecule has 0 unspecified atom stereocenters. The number of carbonyl (C=O) groups is 2. The number of sulfonamides is 1. The molecule has 2 aromatic carbocycles. The van der Waals surface area contributed by atoms with E-state index in [-0.39, 0.29) is 22.1 Å². The topological polar surface area (TPSA) is 108 Å². The van der Waals surface area contributed by atoms with Crippen LogP contribution >= 0.6 is 27.3 Å². The fraction of sp³-hybridized carbons (Fsp3) is 0.182. The molecule has 0 bridgehead atoms. The second-order valence-corrected chi connectivity index (χ2v) is 9.95. The Bertz CT molecular complexity index is 1260. The summed E-state index contributed by atoms with van der Waals surface area (Å²) in [6, 6.07) is 14.7. The lowest BCUT2D eigenvalue weighted by molar-refractivity contribution is -0.145. The first-order valence-corrected chi connectivity index (χ1v) is 12.7. The number of anilines is 1. The third-order valence-electron chi connectivity index (χ3n) is 4.29. The first kappa shape index (κ1) is 24.7. The Hall–Kier alpha value is -2.89. The van der Waals surface area contributed by atoms with Gasteiger partial charge in [0.25, 0.3) is 10.0 Å². The van der Waals surface area contributed by atoms with E-state index in [0.29, 0.717) is 20.6 Å². The molecule has 8 nitrogen and oxygen atoms in total. The van der Waals surface area contributed by atoms with E-state index in [1.165, 1.54) is 19.2 Å². The van der Waals surface area contributed by atoms with Crippen molar-refractivity contribution >= 4 is 54.9 Å². The number of esters is 2. The van der Waals surface area contributed by atoms with Crippen LogP contribution in [-0.4, -0.2) is 40.7 Å². The van der Waals surface area contributed by atoms with Crippen molar-refractivity contribution in [1.82, 2.24) is 0 Å². The van der Waals surface area contributed by atoms with Crippen molar-refractivity contribution in [2.45, 2.75) is 11.8 Å². The minimum Gasteiger partial charge on any atom is -0.479 e. The van der Waals surface area contributed by atoms with Crippen molar-refractivity contribution < 1.29 is 32.2 Å². The van der Waals surface area contributed by atoms with Crippen molar-refractivity contribution in [2.24, 2.45) is 0 Å². The number of para-hydroxylation sites is 1. The molecule has 0 aliphatic carbocycles. The van der Waals surface area contributed by atoms with Crippen molar-refractivity contribution in [3.63, 3.8) is 0 Å². The van der Waals surface area contributed by atoms with Crippen LogP contribution in [0.2, 0.25) is 0 Å². The Morgan fingerprint density at radius 1 is 1.06 bits per heavy atom. The van der Waals surface area contributed by atoms with E-state index in [2.05, 4.69) is 20.7 Å². The Balaban J connectivity index is 2.03. The standard InChI is InChI=1S/C22H20BrNO7S2/c1-3-30-17(25)13-31-19-18(23)20(32-21(19)22(26)29-2)15-11-7-8-12-16(15)24-33(27,28)14-9-5-4-6-10-14/h4-12,24H,3,13H2,1-2H3. The highest BCUT2D eigenvalue weighted by atomic mass is 79.9. The van der Waals surface area contributed by atoms with Crippen LogP contribution in [0, 0.1) is 0 Å². The van der Waals surface area contributed by atoms with E-state index in [1.807, 2.05) is 0 Å². The highest BCUT2D eigenvalue weighted by Gasteiger charge is 2.27. The van der Waals surface area contributed by atoms with Crippen molar-refractivity contribution in [3.8, 4) is 16.2 Å². The zero-order valence-corrected chi connectivity index (χ0v) is 20.9. The van der Waals surface area contributed by atoms with E-state index in [9.17, 15) is 18.0 Å². The third-order valence-corrected chi connectivity index (χ3v) is 7.87. The number of thiophene rings is 1. The van der Waals surface area contributed by atoms with Gasteiger partial charge in [-0.2, -0.15) is 0 Å². The summed E-state index contributed by atoms with van der Waals surface area (Å²) in [6.07, 6.45) is 0. The highest BCUT2D eigenvalue weighted by molar-refractivity contribution is 9.10. The number of halogens is 1. The SMILES string of the molecule is CCOC(=O)COc1c(C(=O)OC)sc(-c2ccccc2NS(=O)(=O)c2ccccc2)c1Br. The molecule has 3 rings (SSSR count). The summed E-state index contributed by atoms with van der Waals surface area (Å²) in [5, 5.41) is 0. The third kappa shape index (κ3) is 5.73. The Morgan fingerprint density at radius 3 is 2.39 bits per heavy atom. The summed E-state index contributed by atoms with van der Waals surface area (Å²) in [7, 11) is -2.62. The van der Waals surface area contributed by atoms with E-state index in [0.717, 1.165) is 11.3 Å². The predicted molar refractivity (Wildman–Crippen MR) is 128 cm³/mol. The molecule has 1 heterocycles. The molecule has 0 aliphatic rings. The molecule has 0 saturated heterocycles. The molecule has 1 N–H and O–H groups in total. The summed E-state index contributed by atoms with van der Waals surface area (Å²) in [5.74, 6) is -1.15. The van der Waals surface area contributed by atoms with Crippen LogP contribution in [0.3, 0.4) is 0 Å². The molecule has 3 aromatic rings. The van der Waals surface area contributed by atoms with Gasteiger partial charge in [0.05, 0.1) is 33.6 Å². The fourth-order valence-electron chi connectivity index (χ4n) is 2.83. The Kier molecular flexibility index (Phi) is 8.11. The van der Waals surface area contributed by atoms with Crippen LogP contribution in [0.4, 0.5) is 5.69 Å². The van der Waals surface area contributed by atoms with Gasteiger partial charge in [-0.3, -0.25) is 4.72 Å². The van der Waals surface area contributed by atoms with Gasteiger partial charge in [-0.05, 0) is 41.1 Å². The molecular weight excluding hydrogens is 534 g/mol. The number of carbonyl (C=O) groups excluding carboxylic acids is 2. The molecule has 0 radical (unpaired) electrons. The van der Waals surface area contributed by atoms with Crippen LogP contribution in [0.25, 0.3) is 10.4 Å². The first-order valence-electron chi connectivity index (χ1n) is 9.64. The molecule has 33 heavy (non-hydrogen) atoms. The van der Waals surface area contributed by atoms with Gasteiger partial charge < -0.3 is 14.2 Å². The lowest BCUT2D eigenvalue weighted by Crippen LogP contribution is -2.15. The van der Waals surface area contributed by atoms with Gasteiger partial charge in [0, 0.05) is 5.56 Å². The summed E-state index contributed by atoms with van der Waals surface area (Å²) >= 11 is 4.47. The number of rotatable bonds is 9. The molecule has 0 spiro atoms. The van der Waals surface area contributed by atoms with E-state index in [4.69, 9.17) is 14.2 Å². The summed E-state index contributed by atoms with van der Waals surface area (Å²) in [6.45, 7) is 1.45. The monoisotopic (exact) mass is 553 g/mol. The van der Waals surface area contributed by atoms with Gasteiger partial charge in [0.2, 0.25) is 0 Å². The maximum Gasteiger partial charge on any atom is 0.351 e. The molecule has 0 amide bonds. The lowest BCUT2D eigenvalue weighted by atomic mass is 10.1. The Morgan fingerprint density at radius 2 is 1.73 bits per heavy atom. The number of hydrogen-bond donors (Lipinski definition) is 1. The molecule has 0 fully saturated rings. The zero-order chi connectivity index (χ0) is 24.0. The van der Waals surface area contributed by atoms with Crippen molar-refractivity contribution in [2.75, 3.05) is 25.0 Å². The van der Waals surface area contributed by atoms with Crippen molar-refractivity contribution in [1.29, 1.82) is 0 Å². The first-order chi connectivity index (χ1) is 15.8. The number of nitrogens with one attached hydrogen (secondary N) is 1. The average Bonchev–Trinajstić information content (AvgIpc) is 3.14. The minimum atomic E-state index is -3.85. The molecule has 0 aliphatic heterocycles. The molecule has 0 atom stereocenters. The van der Waals surface area contributed by atoms with Gasteiger partial charge in [-0.15, -0.1) is 11.3 Å². The normalized spacial score (nSPS) is 11.0. The van der Waals surface area contributed by atoms with Crippen molar-refractivity contribution in [3.05, 3.63) is 63.9 Å². The minimum absolute atomic E-state index is 0.107. The van der Waals surface area contributed by atoms with E-state index in [1.54, 1.807) is 49.4 Å². The fourth-order valence-corrected chi connectivity index (χ4v) is 5.93. The van der Waals surface area contributed by atoms with Gasteiger partial charge in [-0.25, -0.2) is 18.0 Å². The van der Waals surface area contributed by atoms with E-state index >= 15 is 0 Å². The van der Waals surface area contributed by atoms with Gasteiger partial charge >= 0.3 is 11.9 Å². The summed E-state index contributed by atoms with van der Waals surface area (Å²) in [4.78, 5) is 24.8. The molecular formula is C22H20BrNO7S2. The van der Waals surface area contributed by atoms with Gasteiger partial charge in [0.15, 0.2) is 17.2 Å². The smallest absolute Gasteiger partial charge is 0.351 e. The molecule has 174 valence electrons. The number of ether oxygens (including phenoxy) is 3. The number of benzene rings is 2. The van der Waals surface area contributed by atoms with Gasteiger partial charge in [-0.1, -0.05) is 36.4 Å². The zero-order valence-electron chi connectivity index (χ0n) is 17.7. The summed E-state index contributed by atoms with van der Waals surface area (Å²) in [5.41, 5.74) is 0.807. The Labute approximate surface area is 203 Å². The average molecular weight is 554 g/mol. The maximum atomic E-state index is 12.9. The maximum absolute atomic E-state index is 12.9. The summed E-state index contributed by atoms with van der Waals surface area (Å²) < 4.78 is 44.0. The van der Waals surface area contributed by atoms with Gasteiger partial charge in [0.1, 0.15) is 0 Å². The van der Waals surface area contributed by atoms with Crippen LogP contribution in [0.1, 0.15) is 16.6 Å². The number of hydrogen-bond acceptors (Lipinski definition) is 8. The largest absolute Gasteiger partial charge is 0.479 e. The van der Waals surface area contributed by atoms with Crippen LogP contribution in [-0.2, 0) is 24.3 Å². The highest BCUT2D eigenvalue weighted by Crippen LogP contribution is 2.48. The van der Waals surface area contributed by atoms with E-state index < -0.39 is 28.6 Å². The van der Waals surface area contributed by atoms with Crippen LogP contribution in [0.5, 0.6) is 5.75 Å². The molecule has 0 saturated carbocycles.